The minimum absolute atomic E-state index is 0.317. The first-order valence-electron chi connectivity index (χ1n) is 9.09. The molecule has 0 unspecified atom stereocenters. The molecule has 11 heteroatoms. The maximum absolute atomic E-state index is 12.7. The van der Waals surface area contributed by atoms with E-state index >= 15 is 0 Å². The summed E-state index contributed by atoms with van der Waals surface area (Å²) in [6, 6.07) is 2.18. The Labute approximate surface area is 168 Å². The maximum Gasteiger partial charge on any atom is 0.445 e. The average Bonchev–Trinajstić information content (AvgIpc) is 3.33. The van der Waals surface area contributed by atoms with Crippen LogP contribution in [0.4, 0.5) is 24.1 Å². The van der Waals surface area contributed by atoms with Gasteiger partial charge in [0.2, 0.25) is 10.1 Å². The van der Waals surface area contributed by atoms with Gasteiger partial charge in [0.15, 0.2) is 0 Å². The number of rotatable bonds is 5. The standard InChI is InChI=1S/C17H19F3N6S2/c1-2-3-4-11-9-12-13(21-10-22-14(12)27-11)25-5-7-26(8-6-25)16-24-23-15(28-16)17(18,19)20/h9-10H,2-8H2,1H3. The van der Waals surface area contributed by atoms with Crippen molar-refractivity contribution in [1.82, 2.24) is 20.2 Å². The molecule has 0 atom stereocenters. The van der Waals surface area contributed by atoms with Gasteiger partial charge in [0.05, 0.1) is 5.39 Å². The van der Waals surface area contributed by atoms with Crippen LogP contribution in [-0.4, -0.2) is 46.3 Å². The second-order valence-corrected chi connectivity index (χ2v) is 8.67. The molecule has 0 spiro atoms. The highest BCUT2D eigenvalue weighted by Crippen LogP contribution is 2.35. The fourth-order valence-corrected chi connectivity index (χ4v) is 4.98. The van der Waals surface area contributed by atoms with Gasteiger partial charge in [0.1, 0.15) is 17.0 Å². The molecule has 0 radical (unpaired) electrons. The Morgan fingerprint density at radius 3 is 2.46 bits per heavy atom. The fourth-order valence-electron chi connectivity index (χ4n) is 3.19. The van der Waals surface area contributed by atoms with E-state index in [0.29, 0.717) is 42.6 Å². The molecule has 3 aromatic heterocycles. The molecule has 0 amide bonds. The smallest absolute Gasteiger partial charge is 0.352 e. The van der Waals surface area contributed by atoms with Crippen LogP contribution in [0, 0.1) is 0 Å². The van der Waals surface area contributed by atoms with E-state index in [1.54, 1.807) is 17.7 Å². The van der Waals surface area contributed by atoms with Crippen LogP contribution >= 0.6 is 22.7 Å². The highest BCUT2D eigenvalue weighted by atomic mass is 32.1. The zero-order valence-corrected chi connectivity index (χ0v) is 16.9. The molecular weight excluding hydrogens is 409 g/mol. The van der Waals surface area contributed by atoms with Crippen LogP contribution in [0.3, 0.4) is 0 Å². The van der Waals surface area contributed by atoms with Crippen molar-refractivity contribution >= 4 is 43.8 Å². The molecular formula is C17H19F3N6S2. The van der Waals surface area contributed by atoms with E-state index in [9.17, 15) is 13.2 Å². The third-order valence-corrected chi connectivity index (χ3v) is 6.77. The van der Waals surface area contributed by atoms with Crippen LogP contribution in [0.1, 0.15) is 29.7 Å². The van der Waals surface area contributed by atoms with Crippen LogP contribution < -0.4 is 9.80 Å². The summed E-state index contributed by atoms with van der Waals surface area (Å²) in [5.41, 5.74) is 0. The van der Waals surface area contributed by atoms with Crippen LogP contribution in [0.5, 0.6) is 0 Å². The zero-order chi connectivity index (χ0) is 19.7. The number of halogens is 3. The van der Waals surface area contributed by atoms with Crippen LogP contribution in [0.2, 0.25) is 0 Å². The molecule has 150 valence electrons. The number of thiophene rings is 1. The van der Waals surface area contributed by atoms with Gasteiger partial charge in [-0.15, -0.1) is 21.5 Å². The Balaban J connectivity index is 1.48. The van der Waals surface area contributed by atoms with E-state index in [-0.39, 0.29) is 0 Å². The predicted octanol–water partition coefficient (Wildman–Crippen LogP) is 4.23. The van der Waals surface area contributed by atoms with Crippen molar-refractivity contribution in [3.05, 3.63) is 22.3 Å². The summed E-state index contributed by atoms with van der Waals surface area (Å²) in [7, 11) is 0. The van der Waals surface area contributed by atoms with Gasteiger partial charge in [-0.2, -0.15) is 13.2 Å². The monoisotopic (exact) mass is 428 g/mol. The molecule has 1 aliphatic heterocycles. The normalized spacial score (nSPS) is 15.6. The van der Waals surface area contributed by atoms with E-state index in [1.165, 1.54) is 4.88 Å². The third kappa shape index (κ3) is 3.90. The van der Waals surface area contributed by atoms with Gasteiger partial charge in [-0.25, -0.2) is 9.97 Å². The number of alkyl halides is 3. The number of aromatic nitrogens is 4. The highest BCUT2D eigenvalue weighted by molar-refractivity contribution is 7.18. The summed E-state index contributed by atoms with van der Waals surface area (Å²) in [4.78, 5) is 15.2. The van der Waals surface area contributed by atoms with E-state index in [2.05, 4.69) is 38.1 Å². The number of fused-ring (bicyclic) bond motifs is 1. The zero-order valence-electron chi connectivity index (χ0n) is 15.2. The summed E-state index contributed by atoms with van der Waals surface area (Å²) < 4.78 is 38.2. The first-order valence-corrected chi connectivity index (χ1v) is 10.7. The molecule has 1 fully saturated rings. The molecule has 0 N–H and O–H groups in total. The Morgan fingerprint density at radius 2 is 1.79 bits per heavy atom. The Hall–Kier alpha value is -2.01. The molecule has 28 heavy (non-hydrogen) atoms. The number of nitrogens with zero attached hydrogens (tertiary/aromatic N) is 6. The number of anilines is 2. The van der Waals surface area contributed by atoms with Crippen LogP contribution in [0.15, 0.2) is 12.4 Å². The second kappa shape index (κ2) is 7.78. The van der Waals surface area contributed by atoms with Gasteiger partial charge < -0.3 is 9.80 Å². The molecule has 4 heterocycles. The van der Waals surface area contributed by atoms with Gasteiger partial charge in [-0.05, 0) is 18.9 Å². The lowest BCUT2D eigenvalue weighted by Gasteiger charge is -2.35. The van der Waals surface area contributed by atoms with E-state index in [0.717, 1.165) is 35.3 Å². The lowest BCUT2D eigenvalue weighted by molar-refractivity contribution is -0.138. The van der Waals surface area contributed by atoms with E-state index < -0.39 is 11.2 Å². The summed E-state index contributed by atoms with van der Waals surface area (Å²) in [5.74, 6) is 0.900. The molecule has 6 nitrogen and oxygen atoms in total. The molecule has 3 aromatic rings. The summed E-state index contributed by atoms with van der Waals surface area (Å²) in [6.45, 7) is 4.64. The molecule has 1 saturated heterocycles. The lowest BCUT2D eigenvalue weighted by Crippen LogP contribution is -2.46. The number of aryl methyl sites for hydroxylation is 1. The maximum atomic E-state index is 12.7. The Morgan fingerprint density at radius 1 is 1.04 bits per heavy atom. The molecule has 0 aliphatic carbocycles. The van der Waals surface area contributed by atoms with Gasteiger partial charge in [-0.1, -0.05) is 24.7 Å². The predicted molar refractivity (Wildman–Crippen MR) is 105 cm³/mol. The van der Waals surface area contributed by atoms with Gasteiger partial charge in [0, 0.05) is 31.1 Å². The van der Waals surface area contributed by atoms with Crippen LogP contribution in [-0.2, 0) is 12.6 Å². The number of piperazine rings is 1. The van der Waals surface area contributed by atoms with Gasteiger partial charge in [0.25, 0.3) is 0 Å². The van der Waals surface area contributed by atoms with Crippen molar-refractivity contribution < 1.29 is 13.2 Å². The Bertz CT molecular complexity index is 946. The Kier molecular flexibility index (Phi) is 5.37. The topological polar surface area (TPSA) is 58.0 Å². The minimum atomic E-state index is -4.45. The number of unbranched alkanes of at least 4 members (excludes halogenated alkanes) is 1. The summed E-state index contributed by atoms with van der Waals surface area (Å²) >= 11 is 2.30. The SMILES string of the molecule is CCCCc1cc2c(N3CCN(c4nnc(C(F)(F)F)s4)CC3)ncnc2s1. The lowest BCUT2D eigenvalue weighted by atomic mass is 10.2. The number of hydrogen-bond acceptors (Lipinski definition) is 8. The largest absolute Gasteiger partial charge is 0.445 e. The molecule has 0 bridgehead atoms. The number of hydrogen-bond donors (Lipinski definition) is 0. The second-order valence-electron chi connectivity index (χ2n) is 6.59. The highest BCUT2D eigenvalue weighted by Gasteiger charge is 2.36. The minimum Gasteiger partial charge on any atom is -0.352 e. The van der Waals surface area contributed by atoms with Crippen molar-refractivity contribution in [1.29, 1.82) is 0 Å². The average molecular weight is 429 g/mol. The first-order chi connectivity index (χ1) is 13.5. The van der Waals surface area contributed by atoms with Crippen molar-refractivity contribution in [2.75, 3.05) is 36.0 Å². The van der Waals surface area contributed by atoms with Crippen molar-refractivity contribution in [2.45, 2.75) is 32.4 Å². The van der Waals surface area contributed by atoms with E-state index in [1.807, 2.05) is 4.90 Å². The van der Waals surface area contributed by atoms with Gasteiger partial charge >= 0.3 is 6.18 Å². The van der Waals surface area contributed by atoms with Crippen molar-refractivity contribution in [3.63, 3.8) is 0 Å². The molecule has 0 saturated carbocycles. The van der Waals surface area contributed by atoms with Crippen molar-refractivity contribution in [2.24, 2.45) is 0 Å². The first kappa shape index (κ1) is 19.3. The molecule has 4 rings (SSSR count). The third-order valence-electron chi connectivity index (χ3n) is 4.64. The summed E-state index contributed by atoms with van der Waals surface area (Å²) in [6.07, 6.45) is 0.485. The van der Waals surface area contributed by atoms with E-state index in [4.69, 9.17) is 0 Å². The molecule has 1 aliphatic rings. The molecule has 0 aromatic carbocycles. The van der Waals surface area contributed by atoms with Crippen LogP contribution in [0.25, 0.3) is 10.2 Å². The quantitative estimate of drug-likeness (QED) is 0.606. The van der Waals surface area contributed by atoms with Crippen molar-refractivity contribution in [3.8, 4) is 0 Å². The fraction of sp³-hybridized carbons (Fsp3) is 0.529. The van der Waals surface area contributed by atoms with Gasteiger partial charge in [-0.3, -0.25) is 0 Å². The summed E-state index contributed by atoms with van der Waals surface area (Å²) in [5, 5.41) is 7.47.